The van der Waals surface area contributed by atoms with Gasteiger partial charge in [-0.15, -0.1) is 5.10 Å². The van der Waals surface area contributed by atoms with Crippen LogP contribution < -0.4 is 20.3 Å². The van der Waals surface area contributed by atoms with Gasteiger partial charge in [-0.3, -0.25) is 38.9 Å². The number of aryl methyl sites for hydroxylation is 1. The van der Waals surface area contributed by atoms with Gasteiger partial charge in [-0.1, -0.05) is 47.5 Å². The summed E-state index contributed by atoms with van der Waals surface area (Å²) in [7, 11) is 5.98. The van der Waals surface area contributed by atoms with Gasteiger partial charge in [-0.25, -0.2) is 9.59 Å². The number of allylic oxidation sites excluding steroid dienone is 3. The molecule has 3 N–H and O–H groups in total. The molecule has 2 fully saturated rings. The molecule has 6 rings (SSSR count). The van der Waals surface area contributed by atoms with Gasteiger partial charge in [0.2, 0.25) is 17.7 Å². The monoisotopic (exact) mass is 1160 g/mol. The zero-order valence-corrected chi connectivity index (χ0v) is 48.1. The molecule has 1 aromatic heterocycles. The van der Waals surface area contributed by atoms with E-state index >= 15 is 0 Å². The Labute approximate surface area is 476 Å². The van der Waals surface area contributed by atoms with Crippen LogP contribution in [0.3, 0.4) is 0 Å². The van der Waals surface area contributed by atoms with Gasteiger partial charge in [0.1, 0.15) is 46.4 Å². The maximum absolute atomic E-state index is 14.4. The molecule has 2 aromatic rings. The van der Waals surface area contributed by atoms with E-state index in [0.29, 0.717) is 82.6 Å². The van der Waals surface area contributed by atoms with Gasteiger partial charge in [-0.05, 0) is 57.7 Å². The van der Waals surface area contributed by atoms with Crippen LogP contribution in [0.15, 0.2) is 54.3 Å². The van der Waals surface area contributed by atoms with E-state index in [2.05, 4.69) is 20.9 Å². The number of aromatic nitrogens is 3. The molecule has 4 aliphatic rings. The number of amides is 6. The molecular weight excluding hydrogens is 1080 g/mol. The Kier molecular flexibility index (Phi) is 23.7. The number of imide groups is 1. The molecule has 26 heteroatoms. The van der Waals surface area contributed by atoms with Crippen LogP contribution in [0.5, 0.6) is 5.75 Å². The largest absolute Gasteiger partial charge is 0.495 e. The summed E-state index contributed by atoms with van der Waals surface area (Å²) in [4.78, 5) is 93.7. The minimum atomic E-state index is -1.87. The molecule has 446 valence electrons. The minimum absolute atomic E-state index is 0.0162. The Morgan fingerprint density at radius 1 is 0.975 bits per heavy atom. The lowest BCUT2D eigenvalue weighted by Gasteiger charge is -2.42. The van der Waals surface area contributed by atoms with Crippen LogP contribution in [0.4, 0.5) is 10.5 Å². The predicted octanol–water partition coefficient (Wildman–Crippen LogP) is 2.97. The molecule has 81 heavy (non-hydrogen) atoms. The second-order valence-electron chi connectivity index (χ2n) is 20.5. The molecule has 0 spiro atoms. The van der Waals surface area contributed by atoms with Gasteiger partial charge >= 0.3 is 12.1 Å². The standard InChI is InChI=1S/C55H77ClN8O17/c1-35-12-11-13-43(74-8)55(72)32-42(79-53(71)58-55)36(2)51-54(4,81-51)44(31-49(69)62(6)40-29-38(28-35)30-41(73-7)50(40)56)80-52(70)37(3)61(5)46(66)14-9-10-19-63-33-39(59-60-63)34-78-27-26-77-25-24-76-23-22-75-21-18-57-45(65)17-20-64-47(67)15-16-48(64)68/h11-13,15-16,29-30,33,36-37,42-44,51,72H,9-10,14,17-28,31-32,34H2,1-8H3,(H,57,65)(H,58,71)/b13-11+,35-12+/t36-,37+,42+,43?,44+,51+,54?,55+/m1/s1. The fourth-order valence-electron chi connectivity index (χ4n) is 9.51. The maximum atomic E-state index is 14.4. The number of unbranched alkanes of at least 4 members (excludes halogenated alkanes) is 1. The van der Waals surface area contributed by atoms with E-state index < -0.39 is 77.5 Å². The number of methoxy groups -OCH3 is 2. The number of likely N-dealkylation sites (N-methyl/N-ethyl adjacent to an activating group) is 1. The highest BCUT2D eigenvalue weighted by atomic mass is 35.5. The van der Waals surface area contributed by atoms with E-state index in [4.69, 9.17) is 54.2 Å². The molecule has 4 bridgehead atoms. The lowest BCUT2D eigenvalue weighted by Crippen LogP contribution is -2.63. The quantitative estimate of drug-likeness (QED) is 0.0501. The summed E-state index contributed by atoms with van der Waals surface area (Å²) in [6, 6.07) is 2.50. The molecule has 6 amide bonds. The molecule has 8 atom stereocenters. The topological polar surface area (TPSA) is 291 Å². The Bertz CT molecular complexity index is 2610. The predicted molar refractivity (Wildman–Crippen MR) is 290 cm³/mol. The summed E-state index contributed by atoms with van der Waals surface area (Å²) in [5.74, 6) is -2.89. The van der Waals surface area contributed by atoms with Gasteiger partial charge < -0.3 is 62.9 Å². The van der Waals surface area contributed by atoms with Gasteiger partial charge in [0.25, 0.3) is 11.8 Å². The molecule has 2 unspecified atom stereocenters. The van der Waals surface area contributed by atoms with E-state index in [1.165, 1.54) is 43.2 Å². The number of benzene rings is 1. The van der Waals surface area contributed by atoms with Crippen molar-refractivity contribution in [1.29, 1.82) is 0 Å². The van der Waals surface area contributed by atoms with Crippen molar-refractivity contribution >= 4 is 58.9 Å². The second-order valence-corrected chi connectivity index (χ2v) is 20.9. The highest BCUT2D eigenvalue weighted by molar-refractivity contribution is 6.35. The van der Waals surface area contributed by atoms with Crippen LogP contribution in [0.2, 0.25) is 5.02 Å². The van der Waals surface area contributed by atoms with E-state index in [1.807, 2.05) is 13.0 Å². The number of nitrogens with one attached hydrogen (secondary N) is 2. The highest BCUT2D eigenvalue weighted by Crippen LogP contribution is 2.49. The van der Waals surface area contributed by atoms with Crippen LogP contribution in [-0.4, -0.2) is 201 Å². The number of fused-ring (bicyclic) bond motifs is 5. The van der Waals surface area contributed by atoms with E-state index in [9.17, 15) is 38.7 Å². The van der Waals surface area contributed by atoms with Crippen molar-refractivity contribution in [3.63, 3.8) is 0 Å². The third kappa shape index (κ3) is 17.8. The molecule has 4 aliphatic heterocycles. The molecule has 0 aliphatic carbocycles. The highest BCUT2D eigenvalue weighted by Gasteiger charge is 2.64. The Balaban J connectivity index is 0.920. The van der Waals surface area contributed by atoms with Crippen LogP contribution in [0.1, 0.15) is 77.5 Å². The first-order valence-electron chi connectivity index (χ1n) is 27.0. The second kappa shape index (κ2) is 30.1. The van der Waals surface area contributed by atoms with Gasteiger partial charge in [-0.2, -0.15) is 0 Å². The van der Waals surface area contributed by atoms with Gasteiger partial charge in [0.15, 0.2) is 5.72 Å². The van der Waals surface area contributed by atoms with Crippen molar-refractivity contribution in [3.8, 4) is 5.75 Å². The number of halogens is 1. The van der Waals surface area contributed by atoms with Gasteiger partial charge in [0, 0.05) is 78.2 Å². The molecule has 5 heterocycles. The fraction of sp³-hybridized carbons (Fsp3) is 0.618. The zero-order chi connectivity index (χ0) is 58.9. The smallest absolute Gasteiger partial charge is 0.409 e. The summed E-state index contributed by atoms with van der Waals surface area (Å²) in [6.07, 6.45) is 5.93. The van der Waals surface area contributed by atoms with Crippen molar-refractivity contribution in [2.45, 2.75) is 128 Å². The fourth-order valence-corrected chi connectivity index (χ4v) is 9.82. The number of esters is 1. The summed E-state index contributed by atoms with van der Waals surface area (Å²) >= 11 is 6.82. The average molecular weight is 1160 g/mol. The van der Waals surface area contributed by atoms with Crippen LogP contribution >= 0.6 is 11.6 Å². The van der Waals surface area contributed by atoms with Crippen molar-refractivity contribution in [1.82, 2.24) is 35.4 Å². The number of hydrogen-bond donors (Lipinski definition) is 3. The number of aliphatic hydroxyl groups is 1. The number of alkyl carbamates (subject to hydrolysis) is 1. The minimum Gasteiger partial charge on any atom is -0.495 e. The number of ether oxygens (including phenoxy) is 9. The van der Waals surface area contributed by atoms with Crippen molar-refractivity contribution in [2.24, 2.45) is 5.92 Å². The van der Waals surface area contributed by atoms with E-state index in [-0.39, 0.29) is 68.8 Å². The molecule has 0 radical (unpaired) electrons. The summed E-state index contributed by atoms with van der Waals surface area (Å²) in [5, 5.41) is 25.6. The number of anilines is 1. The molecule has 0 saturated carbocycles. The Morgan fingerprint density at radius 2 is 1.65 bits per heavy atom. The van der Waals surface area contributed by atoms with Crippen LogP contribution in [-0.2, 0) is 86.2 Å². The lowest BCUT2D eigenvalue weighted by molar-refractivity contribution is -0.162. The first-order valence-corrected chi connectivity index (χ1v) is 27.4. The lowest BCUT2D eigenvalue weighted by atomic mass is 9.83. The summed E-state index contributed by atoms with van der Waals surface area (Å²) in [5.41, 5.74) is -0.462. The van der Waals surface area contributed by atoms with Crippen molar-refractivity contribution in [2.75, 3.05) is 92.6 Å². The summed E-state index contributed by atoms with van der Waals surface area (Å²) < 4.78 is 53.3. The van der Waals surface area contributed by atoms with E-state index in [1.54, 1.807) is 63.0 Å². The number of carbonyl (C=O) groups is 7. The molecule has 1 aromatic carbocycles. The number of nitrogens with zero attached hydrogens (tertiary/aromatic N) is 6. The third-order valence-electron chi connectivity index (χ3n) is 14.5. The number of epoxide rings is 1. The zero-order valence-electron chi connectivity index (χ0n) is 47.4. The molecule has 25 nitrogen and oxygen atoms in total. The van der Waals surface area contributed by atoms with E-state index in [0.717, 1.165) is 16.0 Å². The Morgan fingerprint density at radius 3 is 2.33 bits per heavy atom. The number of hydrogen-bond acceptors (Lipinski definition) is 19. The summed E-state index contributed by atoms with van der Waals surface area (Å²) in [6.45, 7) is 10.3. The number of rotatable bonds is 27. The van der Waals surface area contributed by atoms with Crippen molar-refractivity contribution < 1.29 is 81.3 Å². The molecule has 2 saturated heterocycles. The van der Waals surface area contributed by atoms with Crippen LogP contribution in [0, 0.1) is 5.92 Å². The first-order chi connectivity index (χ1) is 38.7. The third-order valence-corrected chi connectivity index (χ3v) is 14.9. The first kappa shape index (κ1) is 63.9. The number of carbonyl (C=O) groups excluding carboxylic acids is 7. The maximum Gasteiger partial charge on any atom is 0.409 e. The SMILES string of the molecule is COc1cc2cc(c1Cl)N(C)C(=O)C[C@H](OC(=O)[C@H](C)N(C)C(=O)CCCCn1cc(COCCOCCOCCOCCNC(=O)CCN3C(=O)C=CC3=O)nn1)C1(C)O[C@H]1[C@H](C)[C@@H]1C[C@@](O)(NC(=O)O1)C(OC)/C=C/C=C(\C)C2. The van der Waals surface area contributed by atoms with Gasteiger partial charge in [0.05, 0.1) is 84.4 Å². The average Bonchev–Trinajstić information content (AvgIpc) is 3.85. The molecular formula is C55H77ClN8O17. The van der Waals surface area contributed by atoms with Crippen molar-refractivity contribution in [3.05, 3.63) is 70.6 Å². The Hall–Kier alpha value is -6.32. The normalized spacial score (nSPS) is 25.3. The van der Waals surface area contributed by atoms with Crippen LogP contribution in [0.25, 0.3) is 0 Å².